The first-order chi connectivity index (χ1) is 13.9. The van der Waals surface area contributed by atoms with Gasteiger partial charge >= 0.3 is 6.03 Å². The quantitative estimate of drug-likeness (QED) is 0.383. The molecule has 1 heterocycles. The minimum Gasteiger partial charge on any atom is -0.325 e. The monoisotopic (exact) mass is 400 g/mol. The van der Waals surface area contributed by atoms with Gasteiger partial charge in [0.1, 0.15) is 5.54 Å². The molecule has 4 nitrogen and oxygen atoms in total. The molecule has 1 saturated heterocycles. The zero-order chi connectivity index (χ0) is 20.6. The van der Waals surface area contributed by atoms with E-state index in [1.54, 1.807) is 7.05 Å². The third kappa shape index (κ3) is 2.73. The summed E-state index contributed by atoms with van der Waals surface area (Å²) in [6.07, 6.45) is 0. The van der Waals surface area contributed by atoms with Crippen molar-refractivity contribution >= 4 is 35.7 Å². The lowest BCUT2D eigenvalue weighted by Gasteiger charge is -2.45. The number of likely N-dealkylation sites (N-methyl/N-ethyl adjacent to an activating group) is 1. The van der Waals surface area contributed by atoms with Crippen LogP contribution in [0.5, 0.6) is 0 Å². The van der Waals surface area contributed by atoms with Crippen molar-refractivity contribution < 1.29 is 9.59 Å². The summed E-state index contributed by atoms with van der Waals surface area (Å²) in [6, 6.07) is 30.2. The van der Waals surface area contributed by atoms with Crippen LogP contribution >= 0.6 is 0 Å². The number of nitrogens with zero attached hydrogens (tertiary/aromatic N) is 2. The summed E-state index contributed by atoms with van der Waals surface area (Å²) in [5.74, 6) is -0.179. The minimum atomic E-state index is -3.05. The van der Waals surface area contributed by atoms with Crippen LogP contribution in [0.25, 0.3) is 0 Å². The van der Waals surface area contributed by atoms with Crippen molar-refractivity contribution in [2.45, 2.75) is 19.4 Å². The van der Waals surface area contributed by atoms with Crippen molar-refractivity contribution in [2.24, 2.45) is 0 Å². The molecule has 3 amide bonds. The fraction of sp³-hybridized carbons (Fsp3) is 0.167. The number of hydrogen-bond acceptors (Lipinski definition) is 2. The van der Waals surface area contributed by atoms with Gasteiger partial charge in [-0.05, 0) is 29.4 Å². The lowest BCUT2D eigenvalue weighted by Crippen LogP contribution is -2.80. The fourth-order valence-electron chi connectivity index (χ4n) is 4.47. The third-order valence-electron chi connectivity index (χ3n) is 5.78. The topological polar surface area (TPSA) is 40.6 Å². The molecule has 0 saturated carbocycles. The van der Waals surface area contributed by atoms with Gasteiger partial charge < -0.3 is 4.57 Å². The normalized spacial score (nSPS) is 16.4. The molecule has 1 fully saturated rings. The van der Waals surface area contributed by atoms with Gasteiger partial charge in [-0.25, -0.2) is 4.79 Å². The number of imide groups is 1. The van der Waals surface area contributed by atoms with E-state index >= 15 is 0 Å². The Bertz CT molecular complexity index is 940. The Labute approximate surface area is 172 Å². The van der Waals surface area contributed by atoms with Crippen LogP contribution in [0.2, 0.25) is 0 Å². The van der Waals surface area contributed by atoms with Gasteiger partial charge in [0.15, 0.2) is 0 Å². The second-order valence-electron chi connectivity index (χ2n) is 7.85. The van der Waals surface area contributed by atoms with E-state index in [2.05, 4.69) is 36.4 Å². The van der Waals surface area contributed by atoms with Crippen molar-refractivity contribution in [3.63, 3.8) is 0 Å². The molecule has 0 atom stereocenters. The highest BCUT2D eigenvalue weighted by molar-refractivity contribution is 7.10. The number of amides is 3. The molecule has 0 spiro atoms. The number of rotatable bonds is 4. The molecule has 0 aromatic heterocycles. The molecule has 3 aromatic carbocycles. The summed E-state index contributed by atoms with van der Waals surface area (Å²) in [6.45, 7) is 3.71. The Morgan fingerprint density at radius 2 is 1.00 bits per heavy atom. The number of carbonyl (C=O) groups excluding carboxylic acids is 2. The highest BCUT2D eigenvalue weighted by atomic mass is 28.3. The van der Waals surface area contributed by atoms with Crippen LogP contribution in [0, 0.1) is 0 Å². The number of urea groups is 1. The largest absolute Gasteiger partial charge is 0.325 e. The highest BCUT2D eigenvalue weighted by Crippen LogP contribution is 2.32. The average molecular weight is 401 g/mol. The van der Waals surface area contributed by atoms with Crippen LogP contribution in [0.15, 0.2) is 91.0 Å². The van der Waals surface area contributed by atoms with Gasteiger partial charge in [-0.1, -0.05) is 91.0 Å². The minimum absolute atomic E-state index is 0.179. The van der Waals surface area contributed by atoms with E-state index in [0.717, 1.165) is 15.6 Å². The van der Waals surface area contributed by atoms with Crippen molar-refractivity contribution in [3.05, 3.63) is 91.0 Å². The summed E-state index contributed by atoms with van der Waals surface area (Å²) in [5.41, 5.74) is -0.959. The van der Waals surface area contributed by atoms with Crippen LogP contribution in [0.3, 0.4) is 0 Å². The maximum absolute atomic E-state index is 13.6. The molecule has 0 N–H and O–H groups in total. The standard InChI is InChI=1S/C24H24N2O2Si/c1-24(2)22(27)25(3)23(28)26(24)29(19-13-7-4-8-14-19,20-15-9-5-10-16-20)21-17-11-6-12-18-21/h4-18H,1-3H3. The molecule has 1 aliphatic heterocycles. The molecule has 3 aromatic rings. The van der Waals surface area contributed by atoms with Gasteiger partial charge in [-0.15, -0.1) is 0 Å². The smallest absolute Gasteiger partial charge is 0.320 e. The lowest BCUT2D eigenvalue weighted by atomic mass is 10.1. The second kappa shape index (κ2) is 7.01. The van der Waals surface area contributed by atoms with Crippen molar-refractivity contribution in [1.29, 1.82) is 0 Å². The van der Waals surface area contributed by atoms with Crippen LogP contribution in [0.4, 0.5) is 4.79 Å². The van der Waals surface area contributed by atoms with Gasteiger partial charge in [0.25, 0.3) is 14.1 Å². The van der Waals surface area contributed by atoms with E-state index in [-0.39, 0.29) is 11.9 Å². The average Bonchev–Trinajstić information content (AvgIpc) is 2.91. The van der Waals surface area contributed by atoms with E-state index in [1.807, 2.05) is 73.0 Å². The zero-order valence-electron chi connectivity index (χ0n) is 16.9. The highest BCUT2D eigenvalue weighted by Gasteiger charge is 2.61. The Balaban J connectivity index is 2.15. The first-order valence-corrected chi connectivity index (χ1v) is 11.7. The van der Waals surface area contributed by atoms with Crippen molar-refractivity contribution in [1.82, 2.24) is 9.47 Å². The van der Waals surface area contributed by atoms with Gasteiger partial charge in [-0.3, -0.25) is 9.69 Å². The Morgan fingerprint density at radius 3 is 1.28 bits per heavy atom. The molecule has 4 rings (SSSR count). The predicted octanol–water partition coefficient (Wildman–Crippen LogP) is 2.33. The molecule has 0 unspecified atom stereocenters. The maximum atomic E-state index is 13.6. The molecule has 0 radical (unpaired) electrons. The summed E-state index contributed by atoms with van der Waals surface area (Å²) < 4.78 is 1.88. The van der Waals surface area contributed by atoms with Crippen LogP contribution < -0.4 is 15.6 Å². The maximum Gasteiger partial charge on any atom is 0.320 e. The predicted molar refractivity (Wildman–Crippen MR) is 118 cm³/mol. The van der Waals surface area contributed by atoms with Crippen LogP contribution in [0.1, 0.15) is 13.8 Å². The Morgan fingerprint density at radius 1 is 0.655 bits per heavy atom. The van der Waals surface area contributed by atoms with Gasteiger partial charge in [0.2, 0.25) is 0 Å². The number of benzene rings is 3. The molecule has 146 valence electrons. The van der Waals surface area contributed by atoms with Crippen LogP contribution in [-0.4, -0.2) is 42.2 Å². The molecule has 5 heteroatoms. The van der Waals surface area contributed by atoms with Gasteiger partial charge in [-0.2, -0.15) is 0 Å². The Kier molecular flexibility index (Phi) is 4.63. The fourth-order valence-corrected chi connectivity index (χ4v) is 9.64. The first kappa shape index (κ1) is 19.1. The molecular formula is C24H24N2O2Si. The molecule has 0 aliphatic carbocycles. The van der Waals surface area contributed by atoms with Crippen molar-refractivity contribution in [3.8, 4) is 0 Å². The Hall–Kier alpha value is -3.18. The number of carbonyl (C=O) groups is 2. The van der Waals surface area contributed by atoms with E-state index in [4.69, 9.17) is 0 Å². The molecule has 29 heavy (non-hydrogen) atoms. The number of hydrogen-bond donors (Lipinski definition) is 0. The molecular weight excluding hydrogens is 376 g/mol. The van der Waals surface area contributed by atoms with E-state index in [0.29, 0.717) is 0 Å². The molecule has 1 aliphatic rings. The summed E-state index contributed by atoms with van der Waals surface area (Å²) >= 11 is 0. The van der Waals surface area contributed by atoms with Crippen LogP contribution in [-0.2, 0) is 4.79 Å². The first-order valence-electron chi connectivity index (χ1n) is 9.71. The summed E-state index contributed by atoms with van der Waals surface area (Å²) in [5, 5.41) is 3.21. The second-order valence-corrected chi connectivity index (χ2v) is 11.4. The van der Waals surface area contributed by atoms with E-state index in [1.165, 1.54) is 4.90 Å². The van der Waals surface area contributed by atoms with Gasteiger partial charge in [0, 0.05) is 7.05 Å². The van der Waals surface area contributed by atoms with E-state index < -0.39 is 13.8 Å². The molecule has 0 bridgehead atoms. The summed E-state index contributed by atoms with van der Waals surface area (Å²) in [4.78, 5) is 27.9. The SMILES string of the molecule is CN1C(=O)N([Si](c2ccccc2)(c2ccccc2)c2ccccc2)C(C)(C)C1=O. The third-order valence-corrected chi connectivity index (χ3v) is 10.7. The summed E-state index contributed by atoms with van der Waals surface area (Å²) in [7, 11) is -1.48. The van der Waals surface area contributed by atoms with Crippen molar-refractivity contribution in [2.75, 3.05) is 7.05 Å². The lowest BCUT2D eigenvalue weighted by molar-refractivity contribution is -0.130. The zero-order valence-corrected chi connectivity index (χ0v) is 17.9. The van der Waals surface area contributed by atoms with Gasteiger partial charge in [0.05, 0.1) is 0 Å². The van der Waals surface area contributed by atoms with E-state index in [9.17, 15) is 9.59 Å².